The van der Waals surface area contributed by atoms with E-state index in [9.17, 15) is 8.42 Å². The zero-order valence-corrected chi connectivity index (χ0v) is 11.0. The van der Waals surface area contributed by atoms with Crippen LogP contribution in [0.2, 0.25) is 0 Å². The van der Waals surface area contributed by atoms with E-state index in [1.807, 2.05) is 13.8 Å². The Kier molecular flexibility index (Phi) is 7.81. The molecule has 0 bridgehead atoms. The first-order chi connectivity index (χ1) is 6.52. The van der Waals surface area contributed by atoms with Crippen LogP contribution in [0.5, 0.6) is 0 Å². The summed E-state index contributed by atoms with van der Waals surface area (Å²) in [4.78, 5) is 0.198. The maximum Gasteiger partial charge on any atom is 0.213 e. The number of hydrogen-bond donors (Lipinski definition) is 1. The second kappa shape index (κ2) is 7.62. The van der Waals surface area contributed by atoms with Crippen molar-refractivity contribution in [1.82, 2.24) is 4.72 Å². The number of nitrogens with one attached hydrogen (secondary N) is 1. The average molecular weight is 288 g/mol. The van der Waals surface area contributed by atoms with Crippen LogP contribution in [0.4, 0.5) is 0 Å². The van der Waals surface area contributed by atoms with Crippen LogP contribution in [0.15, 0.2) is 0 Å². The number of alkyl halides is 1. The lowest BCUT2D eigenvalue weighted by Gasteiger charge is -2.09. The lowest BCUT2D eigenvalue weighted by atomic mass is 10.3. The maximum atomic E-state index is 11.3. The summed E-state index contributed by atoms with van der Waals surface area (Å²) in [6, 6.07) is 0. The summed E-state index contributed by atoms with van der Waals surface area (Å²) in [5.74, 6) is 0.0320. The Morgan fingerprint density at radius 1 is 1.43 bits per heavy atom. The molecule has 0 aromatic rings. The fraction of sp³-hybridized carbons (Fsp3) is 1.00. The third-order valence-electron chi connectivity index (χ3n) is 1.67. The Morgan fingerprint density at radius 3 is 2.57 bits per heavy atom. The fourth-order valence-corrected chi connectivity index (χ4v) is 2.06. The van der Waals surface area contributed by atoms with Crippen LogP contribution in [0.3, 0.4) is 0 Å². The monoisotopic (exact) mass is 287 g/mol. The molecule has 86 valence electrons. The maximum absolute atomic E-state index is 11.3. The zero-order chi connectivity index (χ0) is 11.0. The van der Waals surface area contributed by atoms with Crippen molar-refractivity contribution in [3.63, 3.8) is 0 Å². The molecule has 6 heteroatoms. The van der Waals surface area contributed by atoms with Crippen molar-refractivity contribution in [3.8, 4) is 0 Å². The van der Waals surface area contributed by atoms with E-state index >= 15 is 0 Å². The van der Waals surface area contributed by atoms with Gasteiger partial charge in [0.25, 0.3) is 0 Å². The van der Waals surface area contributed by atoms with E-state index in [0.717, 1.165) is 6.42 Å². The molecule has 0 radical (unpaired) electrons. The summed E-state index contributed by atoms with van der Waals surface area (Å²) >= 11 is 3.35. The highest BCUT2D eigenvalue weighted by Crippen LogP contribution is 2.02. The van der Waals surface area contributed by atoms with Crippen LogP contribution in [0, 0.1) is 0 Å². The molecule has 14 heavy (non-hydrogen) atoms. The van der Waals surface area contributed by atoms with Gasteiger partial charge in [0.1, 0.15) is 0 Å². The van der Waals surface area contributed by atoms with E-state index in [-0.39, 0.29) is 17.2 Å². The Hall–Kier alpha value is 0.350. The predicted molar refractivity (Wildman–Crippen MR) is 61.3 cm³/mol. The van der Waals surface area contributed by atoms with Gasteiger partial charge in [0.15, 0.2) is 0 Å². The van der Waals surface area contributed by atoms with Crippen molar-refractivity contribution >= 4 is 26.0 Å². The molecule has 0 aromatic heterocycles. The zero-order valence-electron chi connectivity index (χ0n) is 8.62. The molecule has 0 amide bonds. The molecule has 0 fully saturated rings. The molecule has 0 heterocycles. The summed E-state index contributed by atoms with van der Waals surface area (Å²) in [7, 11) is -3.16. The lowest BCUT2D eigenvalue weighted by Crippen LogP contribution is -2.32. The summed E-state index contributed by atoms with van der Waals surface area (Å²) in [5.41, 5.74) is 0. The smallest absolute Gasteiger partial charge is 0.213 e. The summed E-state index contributed by atoms with van der Waals surface area (Å²) in [6.45, 7) is 5.07. The average Bonchev–Trinajstić information content (AvgIpc) is 2.14. The minimum Gasteiger partial charge on any atom is -0.381 e. The molecule has 0 saturated heterocycles. The van der Waals surface area contributed by atoms with Gasteiger partial charge in [-0.1, -0.05) is 22.9 Å². The van der Waals surface area contributed by atoms with E-state index in [1.54, 1.807) is 0 Å². The van der Waals surface area contributed by atoms with Gasteiger partial charge in [-0.05, 0) is 13.3 Å². The first kappa shape index (κ1) is 14.3. The van der Waals surface area contributed by atoms with Gasteiger partial charge >= 0.3 is 0 Å². The molecule has 1 N–H and O–H groups in total. The van der Waals surface area contributed by atoms with Crippen molar-refractivity contribution in [1.29, 1.82) is 0 Å². The molecular formula is C8H18BrNO3S. The van der Waals surface area contributed by atoms with Crippen LogP contribution in [0.25, 0.3) is 0 Å². The van der Waals surface area contributed by atoms with E-state index in [2.05, 4.69) is 20.7 Å². The normalized spacial score (nSPS) is 14.2. The highest BCUT2D eigenvalue weighted by atomic mass is 79.9. The number of halogens is 1. The summed E-state index contributed by atoms with van der Waals surface area (Å²) in [6.07, 6.45) is 0.897. The van der Waals surface area contributed by atoms with Gasteiger partial charge in [-0.25, -0.2) is 13.1 Å². The van der Waals surface area contributed by atoms with Crippen molar-refractivity contribution in [2.45, 2.75) is 25.1 Å². The van der Waals surface area contributed by atoms with Crippen LogP contribution < -0.4 is 4.72 Å². The molecular weight excluding hydrogens is 270 g/mol. The fourth-order valence-electron chi connectivity index (χ4n) is 0.747. The largest absolute Gasteiger partial charge is 0.381 e. The Labute approximate surface area is 94.6 Å². The number of ether oxygens (including phenoxy) is 1. The standard InChI is InChI=1S/C8H18BrNO3S/c1-3-8(9)7-10-14(11,12)6-5-13-4-2/h8,10H,3-7H2,1-2H3. The first-order valence-corrected chi connectivity index (χ1v) is 7.27. The summed E-state index contributed by atoms with van der Waals surface area (Å²) in [5, 5.41) is 0. The van der Waals surface area contributed by atoms with Crippen LogP contribution in [0.1, 0.15) is 20.3 Å². The second-order valence-electron chi connectivity index (χ2n) is 2.87. The highest BCUT2D eigenvalue weighted by molar-refractivity contribution is 9.09. The van der Waals surface area contributed by atoms with Crippen LogP contribution >= 0.6 is 15.9 Å². The molecule has 0 aliphatic heterocycles. The Morgan fingerprint density at radius 2 is 2.07 bits per heavy atom. The van der Waals surface area contributed by atoms with E-state index < -0.39 is 10.0 Å². The first-order valence-electron chi connectivity index (χ1n) is 4.71. The van der Waals surface area contributed by atoms with Gasteiger partial charge in [-0.15, -0.1) is 0 Å². The molecule has 1 atom stereocenters. The van der Waals surface area contributed by atoms with Gasteiger partial charge in [0, 0.05) is 18.0 Å². The predicted octanol–water partition coefficient (Wildman–Crippen LogP) is 1.12. The van der Waals surface area contributed by atoms with Crippen molar-refractivity contribution in [2.24, 2.45) is 0 Å². The van der Waals surface area contributed by atoms with Crippen LogP contribution in [-0.4, -0.2) is 38.8 Å². The second-order valence-corrected chi connectivity index (χ2v) is 6.09. The lowest BCUT2D eigenvalue weighted by molar-refractivity contribution is 0.163. The molecule has 0 aliphatic carbocycles. The number of rotatable bonds is 8. The van der Waals surface area contributed by atoms with Gasteiger partial charge in [-0.3, -0.25) is 0 Å². The number of sulfonamides is 1. The summed E-state index contributed by atoms with van der Waals surface area (Å²) < 4.78 is 30.1. The van der Waals surface area contributed by atoms with Gasteiger partial charge in [0.05, 0.1) is 12.4 Å². The van der Waals surface area contributed by atoms with E-state index in [1.165, 1.54) is 0 Å². The SMILES string of the molecule is CCOCCS(=O)(=O)NCC(Br)CC. The van der Waals surface area contributed by atoms with E-state index in [4.69, 9.17) is 4.74 Å². The third-order valence-corrected chi connectivity index (χ3v) is 3.95. The third kappa shape index (κ3) is 7.73. The van der Waals surface area contributed by atoms with Gasteiger partial charge in [-0.2, -0.15) is 0 Å². The molecule has 1 unspecified atom stereocenters. The highest BCUT2D eigenvalue weighted by Gasteiger charge is 2.11. The topological polar surface area (TPSA) is 55.4 Å². The molecule has 0 aromatic carbocycles. The van der Waals surface area contributed by atoms with Gasteiger partial charge in [0.2, 0.25) is 10.0 Å². The van der Waals surface area contributed by atoms with Crippen LogP contribution in [-0.2, 0) is 14.8 Å². The number of hydrogen-bond acceptors (Lipinski definition) is 3. The molecule has 0 rings (SSSR count). The Bertz CT molecular complexity index is 231. The molecule has 0 spiro atoms. The molecule has 0 saturated carbocycles. The Balaban J connectivity index is 3.73. The van der Waals surface area contributed by atoms with Crippen molar-refractivity contribution in [2.75, 3.05) is 25.5 Å². The van der Waals surface area contributed by atoms with E-state index in [0.29, 0.717) is 13.2 Å². The van der Waals surface area contributed by atoms with Crippen molar-refractivity contribution in [3.05, 3.63) is 0 Å². The molecule has 4 nitrogen and oxygen atoms in total. The van der Waals surface area contributed by atoms with Crippen molar-refractivity contribution < 1.29 is 13.2 Å². The van der Waals surface area contributed by atoms with Gasteiger partial charge < -0.3 is 4.74 Å². The molecule has 0 aliphatic rings. The minimum absolute atomic E-state index is 0.0320. The quantitative estimate of drug-likeness (QED) is 0.538. The minimum atomic E-state index is -3.16.